The van der Waals surface area contributed by atoms with Crippen LogP contribution in [0.1, 0.15) is 18.0 Å². The van der Waals surface area contributed by atoms with E-state index in [9.17, 15) is 4.79 Å². The molecule has 1 aromatic carbocycles. The van der Waals surface area contributed by atoms with Crippen LogP contribution in [0.15, 0.2) is 60.5 Å². The molecule has 1 atom stereocenters. The number of carbonyl (C=O) groups is 1. The minimum absolute atomic E-state index is 0.0253. The molecule has 1 fully saturated rings. The molecular weight excluding hydrogens is 318 g/mol. The standard InChI is InChI=1S/C19H17N3OS/c1-12-21-17(10-18(23)22(12)2)16-11-24-19-14(4-3-5-15(16)19)13-6-8-20-9-7-13/h3-9,11,17,21H,1,10H2,2H3. The first-order chi connectivity index (χ1) is 11.6. The summed E-state index contributed by atoms with van der Waals surface area (Å²) in [6.07, 6.45) is 4.06. The molecule has 0 spiro atoms. The van der Waals surface area contributed by atoms with Gasteiger partial charge in [0.2, 0.25) is 5.91 Å². The third kappa shape index (κ3) is 2.37. The van der Waals surface area contributed by atoms with Gasteiger partial charge in [0.15, 0.2) is 0 Å². The van der Waals surface area contributed by atoms with Crippen molar-refractivity contribution in [3.63, 3.8) is 0 Å². The first kappa shape index (κ1) is 14.9. The zero-order chi connectivity index (χ0) is 16.7. The molecule has 0 saturated carbocycles. The minimum Gasteiger partial charge on any atom is -0.365 e. The number of fused-ring (bicyclic) bond motifs is 1. The van der Waals surface area contributed by atoms with E-state index in [1.165, 1.54) is 15.6 Å². The fourth-order valence-corrected chi connectivity index (χ4v) is 4.27. The van der Waals surface area contributed by atoms with E-state index >= 15 is 0 Å². The van der Waals surface area contributed by atoms with Crippen molar-refractivity contribution in [2.24, 2.45) is 0 Å². The number of nitrogens with one attached hydrogen (secondary N) is 1. The normalized spacial score (nSPS) is 18.0. The maximum atomic E-state index is 12.2. The van der Waals surface area contributed by atoms with Gasteiger partial charge in [0.1, 0.15) is 5.82 Å². The van der Waals surface area contributed by atoms with E-state index in [1.54, 1.807) is 23.3 Å². The molecule has 120 valence electrons. The van der Waals surface area contributed by atoms with E-state index in [-0.39, 0.29) is 11.9 Å². The van der Waals surface area contributed by atoms with E-state index in [1.807, 2.05) is 24.5 Å². The summed E-state index contributed by atoms with van der Waals surface area (Å²) >= 11 is 1.72. The van der Waals surface area contributed by atoms with E-state index in [4.69, 9.17) is 0 Å². The number of hydrogen-bond acceptors (Lipinski definition) is 4. The maximum absolute atomic E-state index is 12.2. The van der Waals surface area contributed by atoms with Gasteiger partial charge in [-0.1, -0.05) is 24.8 Å². The summed E-state index contributed by atoms with van der Waals surface area (Å²) in [4.78, 5) is 17.8. The molecule has 4 nitrogen and oxygen atoms in total. The van der Waals surface area contributed by atoms with Crippen molar-refractivity contribution in [3.8, 4) is 11.1 Å². The van der Waals surface area contributed by atoms with E-state index in [0.717, 1.165) is 11.1 Å². The highest BCUT2D eigenvalue weighted by Gasteiger charge is 2.28. The average Bonchev–Trinajstić information content (AvgIpc) is 3.04. The lowest BCUT2D eigenvalue weighted by Crippen LogP contribution is -2.42. The molecule has 1 N–H and O–H groups in total. The zero-order valence-corrected chi connectivity index (χ0v) is 14.1. The fraction of sp³-hybridized carbons (Fsp3) is 0.158. The molecule has 0 aliphatic carbocycles. The molecule has 24 heavy (non-hydrogen) atoms. The highest BCUT2D eigenvalue weighted by Crippen LogP contribution is 2.39. The summed E-state index contributed by atoms with van der Waals surface area (Å²) in [6.45, 7) is 3.94. The summed E-state index contributed by atoms with van der Waals surface area (Å²) in [6, 6.07) is 10.3. The van der Waals surface area contributed by atoms with Crippen molar-refractivity contribution >= 4 is 27.3 Å². The SMILES string of the molecule is C=C1NC(c2csc3c(-c4ccncc4)cccc23)CC(=O)N1C. The zero-order valence-electron chi connectivity index (χ0n) is 13.3. The number of benzene rings is 1. The van der Waals surface area contributed by atoms with Gasteiger partial charge in [-0.25, -0.2) is 0 Å². The number of thiophene rings is 1. The number of rotatable bonds is 2. The summed E-state index contributed by atoms with van der Waals surface area (Å²) < 4.78 is 1.23. The maximum Gasteiger partial charge on any atom is 0.230 e. The lowest BCUT2D eigenvalue weighted by molar-refractivity contribution is -0.130. The lowest BCUT2D eigenvalue weighted by atomic mass is 9.98. The Balaban J connectivity index is 1.79. The van der Waals surface area contributed by atoms with Crippen LogP contribution >= 0.6 is 11.3 Å². The Hall–Kier alpha value is -2.66. The van der Waals surface area contributed by atoms with Crippen LogP contribution in [0, 0.1) is 0 Å². The lowest BCUT2D eigenvalue weighted by Gasteiger charge is -2.32. The smallest absolute Gasteiger partial charge is 0.230 e. The van der Waals surface area contributed by atoms with Gasteiger partial charge in [-0.15, -0.1) is 11.3 Å². The highest BCUT2D eigenvalue weighted by molar-refractivity contribution is 7.18. The van der Waals surface area contributed by atoms with E-state index < -0.39 is 0 Å². The molecule has 1 amide bonds. The Morgan fingerprint density at radius 2 is 2.08 bits per heavy atom. The molecular formula is C19H17N3OS. The summed E-state index contributed by atoms with van der Waals surface area (Å²) in [5.74, 6) is 0.745. The second-order valence-electron chi connectivity index (χ2n) is 5.91. The highest BCUT2D eigenvalue weighted by atomic mass is 32.1. The number of nitrogens with zero attached hydrogens (tertiary/aromatic N) is 2. The average molecular weight is 335 g/mol. The number of carbonyl (C=O) groups excluding carboxylic acids is 1. The molecule has 1 unspecified atom stereocenters. The Labute approximate surface area is 144 Å². The van der Waals surface area contributed by atoms with E-state index in [2.05, 4.69) is 40.5 Å². The minimum atomic E-state index is -0.0253. The van der Waals surface area contributed by atoms with Crippen molar-refractivity contribution < 1.29 is 4.79 Å². The van der Waals surface area contributed by atoms with Crippen LogP contribution in [0.25, 0.3) is 21.2 Å². The molecule has 1 aliphatic rings. The molecule has 5 heteroatoms. The predicted molar refractivity (Wildman–Crippen MR) is 97.5 cm³/mol. The van der Waals surface area contributed by atoms with Gasteiger partial charge in [0, 0.05) is 24.1 Å². The van der Waals surface area contributed by atoms with Crippen LogP contribution in [-0.2, 0) is 4.79 Å². The van der Waals surface area contributed by atoms with Crippen LogP contribution < -0.4 is 5.32 Å². The summed E-state index contributed by atoms with van der Waals surface area (Å²) in [5.41, 5.74) is 3.51. The monoisotopic (exact) mass is 335 g/mol. The first-order valence-corrected chi connectivity index (χ1v) is 8.65. The van der Waals surface area contributed by atoms with Crippen molar-refractivity contribution in [2.75, 3.05) is 7.05 Å². The van der Waals surface area contributed by atoms with Crippen LogP contribution in [0.3, 0.4) is 0 Å². The largest absolute Gasteiger partial charge is 0.365 e. The quantitative estimate of drug-likeness (QED) is 0.772. The van der Waals surface area contributed by atoms with Crippen molar-refractivity contribution in [1.82, 2.24) is 15.2 Å². The van der Waals surface area contributed by atoms with Crippen molar-refractivity contribution in [1.29, 1.82) is 0 Å². The second kappa shape index (κ2) is 5.76. The predicted octanol–water partition coefficient (Wildman–Crippen LogP) is 3.93. The topological polar surface area (TPSA) is 45.2 Å². The van der Waals surface area contributed by atoms with Gasteiger partial charge >= 0.3 is 0 Å². The summed E-state index contributed by atoms with van der Waals surface area (Å²) in [5, 5.41) is 6.70. The number of hydrogen-bond donors (Lipinski definition) is 1. The fourth-order valence-electron chi connectivity index (χ4n) is 3.10. The van der Waals surface area contributed by atoms with Gasteiger partial charge in [0.05, 0.1) is 12.5 Å². The molecule has 1 saturated heterocycles. The summed E-state index contributed by atoms with van der Waals surface area (Å²) in [7, 11) is 1.75. The number of amides is 1. The molecule has 0 radical (unpaired) electrons. The second-order valence-corrected chi connectivity index (χ2v) is 6.79. The Bertz CT molecular complexity index is 914. The molecule has 2 aromatic heterocycles. The van der Waals surface area contributed by atoms with Crippen LogP contribution in [-0.4, -0.2) is 22.8 Å². The Morgan fingerprint density at radius 3 is 2.83 bits per heavy atom. The van der Waals surface area contributed by atoms with Crippen LogP contribution in [0.5, 0.6) is 0 Å². The van der Waals surface area contributed by atoms with E-state index in [0.29, 0.717) is 12.2 Å². The van der Waals surface area contributed by atoms with Crippen molar-refractivity contribution in [3.05, 3.63) is 66.1 Å². The van der Waals surface area contributed by atoms with Gasteiger partial charge in [-0.2, -0.15) is 0 Å². The van der Waals surface area contributed by atoms with Crippen LogP contribution in [0.2, 0.25) is 0 Å². The number of pyridine rings is 1. The Morgan fingerprint density at radius 1 is 1.29 bits per heavy atom. The third-order valence-electron chi connectivity index (χ3n) is 4.50. The van der Waals surface area contributed by atoms with Gasteiger partial charge in [-0.05, 0) is 39.6 Å². The number of aromatic nitrogens is 1. The molecule has 1 aliphatic heterocycles. The molecule has 3 aromatic rings. The van der Waals surface area contributed by atoms with Crippen molar-refractivity contribution in [2.45, 2.75) is 12.5 Å². The van der Waals surface area contributed by atoms with Gasteiger partial charge in [-0.3, -0.25) is 9.78 Å². The van der Waals surface area contributed by atoms with Crippen LogP contribution in [0.4, 0.5) is 0 Å². The first-order valence-electron chi connectivity index (χ1n) is 7.77. The molecule has 3 heterocycles. The molecule has 0 bridgehead atoms. The van der Waals surface area contributed by atoms with Gasteiger partial charge in [0.25, 0.3) is 0 Å². The molecule has 4 rings (SSSR count). The third-order valence-corrected chi connectivity index (χ3v) is 5.54. The Kier molecular flexibility index (Phi) is 3.58. The van der Waals surface area contributed by atoms with Gasteiger partial charge < -0.3 is 10.2 Å².